The molecular formula is C17H30N2S. The number of hydrogen-bond donors (Lipinski definition) is 2. The zero-order chi connectivity index (χ0) is 15.2. The summed E-state index contributed by atoms with van der Waals surface area (Å²) in [6.45, 7) is 11.2. The Morgan fingerprint density at radius 1 is 1.20 bits per heavy atom. The number of hydrogen-bond acceptors (Lipinski definition) is 3. The van der Waals surface area contributed by atoms with Gasteiger partial charge in [0.2, 0.25) is 0 Å². The van der Waals surface area contributed by atoms with Crippen molar-refractivity contribution in [3.63, 3.8) is 0 Å². The first-order valence-electron chi connectivity index (χ1n) is 7.54. The Morgan fingerprint density at radius 2 is 1.80 bits per heavy atom. The highest BCUT2D eigenvalue weighted by Crippen LogP contribution is 2.23. The summed E-state index contributed by atoms with van der Waals surface area (Å²) in [6.07, 6.45) is 2.20. The number of nitrogens with two attached hydrogens (primary N) is 1. The van der Waals surface area contributed by atoms with E-state index in [2.05, 4.69) is 64.3 Å². The van der Waals surface area contributed by atoms with Gasteiger partial charge in [-0.15, -0.1) is 0 Å². The zero-order valence-corrected chi connectivity index (χ0v) is 14.4. The third-order valence-electron chi connectivity index (χ3n) is 3.69. The third kappa shape index (κ3) is 5.86. The lowest BCUT2D eigenvalue weighted by Gasteiger charge is -2.21. The number of hydrazine groups is 1. The molecule has 0 aromatic heterocycles. The van der Waals surface area contributed by atoms with Crippen molar-refractivity contribution >= 4 is 11.8 Å². The Hall–Kier alpha value is -0.510. The standard InChI is InChI=1S/C17H30N2S/c1-6-13(2)20-12-16(19-18)11-14-7-9-15(10-8-14)17(3,4)5/h7-10,13,16,19H,6,11-12,18H2,1-5H3. The fraction of sp³-hybridized carbons (Fsp3) is 0.647. The average Bonchev–Trinajstić information content (AvgIpc) is 2.42. The molecule has 0 aliphatic heterocycles. The maximum Gasteiger partial charge on any atom is 0.0341 e. The number of rotatable bonds is 7. The minimum atomic E-state index is 0.219. The highest BCUT2D eigenvalue weighted by molar-refractivity contribution is 7.99. The molecular weight excluding hydrogens is 264 g/mol. The summed E-state index contributed by atoms with van der Waals surface area (Å²) in [5.41, 5.74) is 5.91. The van der Waals surface area contributed by atoms with Crippen molar-refractivity contribution in [3.8, 4) is 0 Å². The molecule has 0 aliphatic carbocycles. The van der Waals surface area contributed by atoms with Gasteiger partial charge in [0.05, 0.1) is 0 Å². The molecule has 0 bridgehead atoms. The molecule has 2 unspecified atom stereocenters. The van der Waals surface area contributed by atoms with E-state index in [1.807, 2.05) is 11.8 Å². The van der Waals surface area contributed by atoms with Gasteiger partial charge in [-0.1, -0.05) is 58.9 Å². The molecule has 1 aromatic carbocycles. The summed E-state index contributed by atoms with van der Waals surface area (Å²) in [4.78, 5) is 0. The van der Waals surface area contributed by atoms with E-state index in [-0.39, 0.29) is 5.41 Å². The molecule has 3 N–H and O–H groups in total. The van der Waals surface area contributed by atoms with E-state index in [4.69, 9.17) is 5.84 Å². The number of nitrogens with one attached hydrogen (secondary N) is 1. The summed E-state index contributed by atoms with van der Waals surface area (Å²) in [7, 11) is 0. The largest absolute Gasteiger partial charge is 0.271 e. The highest BCUT2D eigenvalue weighted by atomic mass is 32.2. The van der Waals surface area contributed by atoms with Crippen LogP contribution in [0.15, 0.2) is 24.3 Å². The Labute approximate surface area is 128 Å². The Morgan fingerprint density at radius 3 is 2.25 bits per heavy atom. The van der Waals surface area contributed by atoms with E-state index in [0.29, 0.717) is 11.3 Å². The van der Waals surface area contributed by atoms with Crippen molar-refractivity contribution < 1.29 is 0 Å². The van der Waals surface area contributed by atoms with E-state index in [0.717, 1.165) is 12.2 Å². The van der Waals surface area contributed by atoms with Crippen LogP contribution in [-0.4, -0.2) is 17.0 Å². The van der Waals surface area contributed by atoms with Crippen LogP contribution in [0.5, 0.6) is 0 Å². The first-order valence-corrected chi connectivity index (χ1v) is 8.58. The first kappa shape index (κ1) is 17.5. The van der Waals surface area contributed by atoms with Crippen LogP contribution < -0.4 is 11.3 Å². The van der Waals surface area contributed by atoms with Crippen molar-refractivity contribution in [1.29, 1.82) is 0 Å². The first-order chi connectivity index (χ1) is 9.36. The summed E-state index contributed by atoms with van der Waals surface area (Å²) in [5.74, 6) is 6.75. The van der Waals surface area contributed by atoms with Crippen molar-refractivity contribution in [2.24, 2.45) is 5.84 Å². The van der Waals surface area contributed by atoms with E-state index in [1.165, 1.54) is 17.5 Å². The predicted octanol–water partition coefficient (Wildman–Crippen LogP) is 3.89. The van der Waals surface area contributed by atoms with Crippen LogP contribution in [-0.2, 0) is 11.8 Å². The molecule has 0 saturated carbocycles. The van der Waals surface area contributed by atoms with Gasteiger partial charge in [0, 0.05) is 17.0 Å². The normalized spacial score (nSPS) is 15.1. The average molecular weight is 295 g/mol. The van der Waals surface area contributed by atoms with Gasteiger partial charge < -0.3 is 0 Å². The van der Waals surface area contributed by atoms with Gasteiger partial charge in [-0.25, -0.2) is 0 Å². The van der Waals surface area contributed by atoms with Gasteiger partial charge in [0.1, 0.15) is 0 Å². The Bertz CT molecular complexity index is 381. The topological polar surface area (TPSA) is 38.0 Å². The maximum atomic E-state index is 5.68. The molecule has 0 spiro atoms. The Kier molecular flexibility index (Phi) is 7.07. The predicted molar refractivity (Wildman–Crippen MR) is 92.2 cm³/mol. The summed E-state index contributed by atoms with van der Waals surface area (Å²) < 4.78 is 0. The lowest BCUT2D eigenvalue weighted by atomic mass is 9.86. The van der Waals surface area contributed by atoms with E-state index in [1.54, 1.807) is 0 Å². The fourth-order valence-electron chi connectivity index (χ4n) is 1.99. The number of benzene rings is 1. The Balaban J connectivity index is 2.57. The molecule has 3 heteroatoms. The smallest absolute Gasteiger partial charge is 0.0341 e. The second-order valence-electron chi connectivity index (χ2n) is 6.57. The molecule has 0 saturated heterocycles. The molecule has 2 nitrogen and oxygen atoms in total. The van der Waals surface area contributed by atoms with Crippen LogP contribution in [0.25, 0.3) is 0 Å². The quantitative estimate of drug-likeness (QED) is 0.592. The van der Waals surface area contributed by atoms with Crippen LogP contribution in [0.4, 0.5) is 0 Å². The third-order valence-corrected chi connectivity index (χ3v) is 5.19. The van der Waals surface area contributed by atoms with Crippen LogP contribution >= 0.6 is 11.8 Å². The summed E-state index contributed by atoms with van der Waals surface area (Å²) >= 11 is 1.99. The molecule has 1 rings (SSSR count). The zero-order valence-electron chi connectivity index (χ0n) is 13.6. The molecule has 2 atom stereocenters. The summed E-state index contributed by atoms with van der Waals surface area (Å²) in [6, 6.07) is 9.29. The van der Waals surface area contributed by atoms with Gasteiger partial charge in [0.15, 0.2) is 0 Å². The lowest BCUT2D eigenvalue weighted by Crippen LogP contribution is -2.39. The summed E-state index contributed by atoms with van der Waals surface area (Å²) in [5, 5.41) is 0.703. The molecule has 0 aliphatic rings. The fourth-order valence-corrected chi connectivity index (χ4v) is 3.00. The second kappa shape index (κ2) is 8.06. The molecule has 1 aromatic rings. The maximum absolute atomic E-state index is 5.68. The minimum Gasteiger partial charge on any atom is -0.271 e. The van der Waals surface area contributed by atoms with E-state index in [9.17, 15) is 0 Å². The molecule has 20 heavy (non-hydrogen) atoms. The molecule has 0 fully saturated rings. The van der Waals surface area contributed by atoms with E-state index >= 15 is 0 Å². The van der Waals surface area contributed by atoms with Crippen molar-refractivity contribution in [3.05, 3.63) is 35.4 Å². The van der Waals surface area contributed by atoms with Crippen molar-refractivity contribution in [1.82, 2.24) is 5.43 Å². The van der Waals surface area contributed by atoms with Gasteiger partial charge >= 0.3 is 0 Å². The minimum absolute atomic E-state index is 0.219. The molecule has 0 heterocycles. The SMILES string of the molecule is CCC(C)SCC(Cc1ccc(C(C)(C)C)cc1)NN. The van der Waals surface area contributed by atoms with E-state index < -0.39 is 0 Å². The molecule has 0 amide bonds. The molecule has 114 valence electrons. The van der Waals surface area contributed by atoms with Gasteiger partial charge in [-0.2, -0.15) is 11.8 Å². The monoisotopic (exact) mass is 294 g/mol. The van der Waals surface area contributed by atoms with Crippen LogP contribution in [0.1, 0.15) is 52.2 Å². The van der Waals surface area contributed by atoms with Gasteiger partial charge in [0.25, 0.3) is 0 Å². The van der Waals surface area contributed by atoms with Gasteiger partial charge in [-0.05, 0) is 29.4 Å². The highest BCUT2D eigenvalue weighted by Gasteiger charge is 2.14. The van der Waals surface area contributed by atoms with Crippen LogP contribution in [0.2, 0.25) is 0 Å². The lowest BCUT2D eigenvalue weighted by molar-refractivity contribution is 0.572. The molecule has 0 radical (unpaired) electrons. The number of thioether (sulfide) groups is 1. The van der Waals surface area contributed by atoms with Gasteiger partial charge in [-0.3, -0.25) is 11.3 Å². The van der Waals surface area contributed by atoms with Crippen LogP contribution in [0.3, 0.4) is 0 Å². The van der Waals surface area contributed by atoms with Crippen molar-refractivity contribution in [2.75, 3.05) is 5.75 Å². The van der Waals surface area contributed by atoms with Crippen LogP contribution in [0, 0.1) is 0 Å². The second-order valence-corrected chi connectivity index (χ2v) is 8.04. The van der Waals surface area contributed by atoms with Crippen molar-refractivity contribution in [2.45, 2.75) is 64.2 Å².